The minimum atomic E-state index is -1.08. The summed E-state index contributed by atoms with van der Waals surface area (Å²) in [5, 5.41) is 6.83. The first-order valence-corrected chi connectivity index (χ1v) is 7.36. The van der Waals surface area contributed by atoms with Crippen LogP contribution in [0.2, 0.25) is 0 Å². The van der Waals surface area contributed by atoms with E-state index in [4.69, 9.17) is 0 Å². The second-order valence-electron chi connectivity index (χ2n) is 5.48. The molecule has 0 atom stereocenters. The number of nitrogens with zero attached hydrogens (tertiary/aromatic N) is 2. The van der Waals surface area contributed by atoms with Crippen LogP contribution in [0.15, 0.2) is 35.1 Å². The molecule has 0 aliphatic heterocycles. The molecule has 2 aromatic rings. The summed E-state index contributed by atoms with van der Waals surface area (Å²) in [6, 6.07) is 6.14. The number of hydrogen-bond acceptors (Lipinski definition) is 3. The highest BCUT2D eigenvalue weighted by molar-refractivity contribution is 5.94. The number of rotatable bonds is 5. The third-order valence-corrected chi connectivity index (χ3v) is 3.67. The predicted molar refractivity (Wildman–Crippen MR) is 79.2 cm³/mol. The van der Waals surface area contributed by atoms with E-state index in [1.54, 1.807) is 6.07 Å². The Bertz CT molecular complexity index is 800. The number of aromatic nitrogens is 2. The molecule has 23 heavy (non-hydrogen) atoms. The Balaban J connectivity index is 1.60. The van der Waals surface area contributed by atoms with Gasteiger partial charge in [-0.2, -0.15) is 5.10 Å². The van der Waals surface area contributed by atoms with Gasteiger partial charge in [-0.15, -0.1) is 0 Å². The first-order valence-electron chi connectivity index (χ1n) is 7.36. The molecule has 5 nitrogen and oxygen atoms in total. The fourth-order valence-corrected chi connectivity index (χ4v) is 2.24. The van der Waals surface area contributed by atoms with E-state index in [2.05, 4.69) is 10.4 Å². The third-order valence-electron chi connectivity index (χ3n) is 3.67. The highest BCUT2D eigenvalue weighted by Gasteiger charge is 2.25. The zero-order chi connectivity index (χ0) is 16.4. The van der Waals surface area contributed by atoms with Gasteiger partial charge in [-0.1, -0.05) is 0 Å². The lowest BCUT2D eigenvalue weighted by atomic mass is 10.2. The Hall–Kier alpha value is -2.57. The first kappa shape index (κ1) is 15.3. The van der Waals surface area contributed by atoms with Crippen LogP contribution >= 0.6 is 0 Å². The van der Waals surface area contributed by atoms with Gasteiger partial charge in [0.2, 0.25) is 0 Å². The van der Waals surface area contributed by atoms with Crippen molar-refractivity contribution >= 4 is 5.91 Å². The number of benzene rings is 1. The van der Waals surface area contributed by atoms with Crippen LogP contribution in [0.25, 0.3) is 0 Å². The van der Waals surface area contributed by atoms with Gasteiger partial charge in [0.05, 0.1) is 12.2 Å². The van der Waals surface area contributed by atoms with E-state index in [9.17, 15) is 18.4 Å². The highest BCUT2D eigenvalue weighted by Crippen LogP contribution is 2.38. The van der Waals surface area contributed by atoms with Gasteiger partial charge >= 0.3 is 0 Å². The molecule has 0 radical (unpaired) electrons. The number of amides is 1. The average molecular weight is 319 g/mol. The molecule has 1 fully saturated rings. The Morgan fingerprint density at radius 1 is 1.22 bits per heavy atom. The lowest BCUT2D eigenvalue weighted by Gasteiger charge is -2.08. The molecule has 3 rings (SSSR count). The summed E-state index contributed by atoms with van der Waals surface area (Å²) in [4.78, 5) is 23.6. The van der Waals surface area contributed by atoms with Crippen molar-refractivity contribution in [2.75, 3.05) is 6.54 Å². The van der Waals surface area contributed by atoms with E-state index in [1.807, 2.05) is 0 Å². The van der Waals surface area contributed by atoms with Crippen molar-refractivity contribution in [3.63, 3.8) is 0 Å². The lowest BCUT2D eigenvalue weighted by molar-refractivity contribution is 0.0951. The molecule has 1 aliphatic rings. The van der Waals surface area contributed by atoms with Gasteiger partial charge in [0.15, 0.2) is 11.6 Å². The second-order valence-corrected chi connectivity index (χ2v) is 5.48. The molecule has 120 valence electrons. The first-order chi connectivity index (χ1) is 11.0. The fourth-order valence-electron chi connectivity index (χ4n) is 2.24. The summed E-state index contributed by atoms with van der Waals surface area (Å²) >= 11 is 0. The molecule has 0 bridgehead atoms. The predicted octanol–water partition coefficient (Wildman–Crippen LogP) is 1.83. The minimum Gasteiger partial charge on any atom is -0.350 e. The van der Waals surface area contributed by atoms with Crippen molar-refractivity contribution in [1.82, 2.24) is 15.1 Å². The molecule has 1 aliphatic carbocycles. The number of carbonyl (C=O) groups excluding carboxylic acids is 1. The van der Waals surface area contributed by atoms with Crippen LogP contribution < -0.4 is 10.9 Å². The molecule has 0 spiro atoms. The Morgan fingerprint density at radius 3 is 2.70 bits per heavy atom. The van der Waals surface area contributed by atoms with Crippen LogP contribution in [0.5, 0.6) is 0 Å². The molecule has 1 amide bonds. The van der Waals surface area contributed by atoms with Gasteiger partial charge in [-0.25, -0.2) is 13.5 Å². The van der Waals surface area contributed by atoms with Crippen LogP contribution in [0, 0.1) is 11.6 Å². The SMILES string of the molecule is O=C(NCCn1nc(C2CC2)ccc1=O)c1ccc(F)c(F)c1. The van der Waals surface area contributed by atoms with Gasteiger partial charge in [-0.3, -0.25) is 9.59 Å². The van der Waals surface area contributed by atoms with Gasteiger partial charge < -0.3 is 5.32 Å². The highest BCUT2D eigenvalue weighted by atomic mass is 19.2. The maximum Gasteiger partial charge on any atom is 0.266 e. The Labute approximate surface area is 130 Å². The van der Waals surface area contributed by atoms with Crippen LogP contribution in [-0.4, -0.2) is 22.2 Å². The van der Waals surface area contributed by atoms with Crippen molar-refractivity contribution in [3.8, 4) is 0 Å². The van der Waals surface area contributed by atoms with Crippen molar-refractivity contribution in [1.29, 1.82) is 0 Å². The smallest absolute Gasteiger partial charge is 0.266 e. The molecule has 0 saturated heterocycles. The van der Waals surface area contributed by atoms with Crippen molar-refractivity contribution in [2.45, 2.75) is 25.3 Å². The standard InChI is InChI=1S/C16H15F2N3O2/c17-12-4-3-11(9-13(12)18)16(23)19-7-8-21-15(22)6-5-14(20-21)10-1-2-10/h3-6,9-10H,1-2,7-8H2,(H,19,23). The number of carbonyl (C=O) groups is 1. The van der Waals surface area contributed by atoms with E-state index >= 15 is 0 Å². The molecular weight excluding hydrogens is 304 g/mol. The van der Waals surface area contributed by atoms with Gasteiger partial charge in [0.25, 0.3) is 11.5 Å². The zero-order valence-corrected chi connectivity index (χ0v) is 12.3. The van der Waals surface area contributed by atoms with E-state index in [1.165, 1.54) is 16.8 Å². The summed E-state index contributed by atoms with van der Waals surface area (Å²) in [7, 11) is 0. The maximum atomic E-state index is 13.1. The van der Waals surface area contributed by atoms with Crippen LogP contribution in [0.4, 0.5) is 8.78 Å². The molecule has 7 heteroatoms. The van der Waals surface area contributed by atoms with Crippen molar-refractivity contribution in [3.05, 3.63) is 63.6 Å². The number of nitrogens with one attached hydrogen (secondary N) is 1. The van der Waals surface area contributed by atoms with Crippen LogP contribution in [0.3, 0.4) is 0 Å². The molecule has 1 aromatic carbocycles. The Kier molecular flexibility index (Phi) is 4.18. The van der Waals surface area contributed by atoms with Crippen molar-refractivity contribution < 1.29 is 13.6 Å². The monoisotopic (exact) mass is 319 g/mol. The zero-order valence-electron chi connectivity index (χ0n) is 12.3. The Morgan fingerprint density at radius 2 is 2.00 bits per heavy atom. The summed E-state index contributed by atoms with van der Waals surface area (Å²) in [5.41, 5.74) is 0.670. The molecule has 1 N–H and O–H groups in total. The topological polar surface area (TPSA) is 64.0 Å². The van der Waals surface area contributed by atoms with Crippen LogP contribution in [-0.2, 0) is 6.54 Å². The van der Waals surface area contributed by atoms with E-state index < -0.39 is 17.5 Å². The average Bonchev–Trinajstić information content (AvgIpc) is 3.36. The van der Waals surface area contributed by atoms with Crippen LogP contribution in [0.1, 0.15) is 34.8 Å². The molecular formula is C16H15F2N3O2. The van der Waals surface area contributed by atoms with E-state index in [0.717, 1.165) is 30.7 Å². The maximum absolute atomic E-state index is 13.1. The largest absolute Gasteiger partial charge is 0.350 e. The molecule has 1 heterocycles. The quantitative estimate of drug-likeness (QED) is 0.914. The summed E-state index contributed by atoms with van der Waals surface area (Å²) in [6.45, 7) is 0.383. The fraction of sp³-hybridized carbons (Fsp3) is 0.312. The summed E-state index contributed by atoms with van der Waals surface area (Å²) < 4.78 is 27.2. The van der Waals surface area contributed by atoms with E-state index in [-0.39, 0.29) is 24.2 Å². The van der Waals surface area contributed by atoms with Gasteiger partial charge in [0, 0.05) is 24.1 Å². The minimum absolute atomic E-state index is 0.0240. The van der Waals surface area contributed by atoms with Crippen molar-refractivity contribution in [2.24, 2.45) is 0 Å². The molecule has 0 unspecified atom stereocenters. The van der Waals surface area contributed by atoms with E-state index in [0.29, 0.717) is 5.92 Å². The molecule has 1 saturated carbocycles. The van der Waals surface area contributed by atoms with Gasteiger partial charge in [-0.05, 0) is 37.1 Å². The number of hydrogen-bond donors (Lipinski definition) is 1. The summed E-state index contributed by atoms with van der Waals surface area (Å²) in [5.74, 6) is -2.18. The summed E-state index contributed by atoms with van der Waals surface area (Å²) in [6.07, 6.45) is 2.16. The lowest BCUT2D eigenvalue weighted by Crippen LogP contribution is -2.32. The van der Waals surface area contributed by atoms with Gasteiger partial charge in [0.1, 0.15) is 0 Å². The number of halogens is 2. The third kappa shape index (κ3) is 3.61. The normalized spacial score (nSPS) is 13.8. The second kappa shape index (κ2) is 6.28. The molecule has 1 aromatic heterocycles.